The molecule has 0 aliphatic carbocycles. The van der Waals surface area contributed by atoms with Crippen molar-refractivity contribution in [3.63, 3.8) is 0 Å². The Bertz CT molecular complexity index is 749. The van der Waals surface area contributed by atoms with Crippen molar-refractivity contribution in [3.05, 3.63) is 54.4 Å². The third kappa shape index (κ3) is 5.22. The maximum atomic E-state index is 12.3. The summed E-state index contributed by atoms with van der Waals surface area (Å²) in [7, 11) is -4.13. The molecule has 0 aliphatic rings. The molecule has 0 fully saturated rings. The second-order valence-electron chi connectivity index (χ2n) is 4.50. The number of sulfonamides is 1. The molecule has 0 unspecified atom stereocenters. The summed E-state index contributed by atoms with van der Waals surface area (Å²) in [4.78, 5) is 3.32. The van der Waals surface area contributed by atoms with Gasteiger partial charge in [-0.25, -0.2) is 13.1 Å². The lowest BCUT2D eigenvalue weighted by Gasteiger charge is -2.13. The molecular weight excluding hydrogens is 333 g/mol. The van der Waals surface area contributed by atoms with Gasteiger partial charge in [-0.3, -0.25) is 4.98 Å². The molecule has 1 N–H and O–H groups in total. The zero-order valence-electron chi connectivity index (χ0n) is 11.7. The van der Waals surface area contributed by atoms with Gasteiger partial charge in [0, 0.05) is 18.9 Å². The van der Waals surface area contributed by atoms with Gasteiger partial charge in [-0.2, -0.15) is 0 Å². The lowest BCUT2D eigenvalue weighted by molar-refractivity contribution is -0.275. The molecule has 1 heterocycles. The van der Waals surface area contributed by atoms with Crippen LogP contribution in [0.3, 0.4) is 0 Å². The van der Waals surface area contributed by atoms with Gasteiger partial charge in [-0.05, 0) is 30.2 Å². The number of alkyl halides is 3. The second-order valence-corrected chi connectivity index (χ2v) is 6.24. The summed E-state index contributed by atoms with van der Waals surface area (Å²) in [5, 5.41) is 0. The van der Waals surface area contributed by atoms with Crippen LogP contribution in [0.1, 0.15) is 5.56 Å². The molecule has 23 heavy (non-hydrogen) atoms. The van der Waals surface area contributed by atoms with E-state index >= 15 is 0 Å². The van der Waals surface area contributed by atoms with E-state index < -0.39 is 27.0 Å². The fourth-order valence-electron chi connectivity index (χ4n) is 1.83. The number of para-hydroxylation sites is 1. The highest BCUT2D eigenvalue weighted by Gasteiger charge is 2.33. The number of hydrogen-bond donors (Lipinski definition) is 1. The van der Waals surface area contributed by atoms with Gasteiger partial charge in [-0.15, -0.1) is 13.2 Å². The van der Waals surface area contributed by atoms with E-state index in [9.17, 15) is 21.6 Å². The van der Waals surface area contributed by atoms with Crippen molar-refractivity contribution in [2.24, 2.45) is 0 Å². The van der Waals surface area contributed by atoms with E-state index in [1.54, 1.807) is 24.5 Å². The van der Waals surface area contributed by atoms with Gasteiger partial charge in [0.15, 0.2) is 0 Å². The highest BCUT2D eigenvalue weighted by molar-refractivity contribution is 7.89. The summed E-state index contributed by atoms with van der Waals surface area (Å²) in [6.07, 6.45) is -1.45. The lowest BCUT2D eigenvalue weighted by atomic mass is 10.2. The Morgan fingerprint density at radius 2 is 1.87 bits per heavy atom. The minimum absolute atomic E-state index is 0.0222. The molecule has 0 aliphatic heterocycles. The van der Waals surface area contributed by atoms with E-state index in [0.717, 1.165) is 17.7 Å². The number of benzene rings is 1. The molecule has 1 aromatic heterocycles. The average Bonchev–Trinajstić information content (AvgIpc) is 2.47. The minimum atomic E-state index is -4.97. The molecule has 1 aromatic carbocycles. The number of aromatic nitrogens is 1. The highest BCUT2D eigenvalue weighted by atomic mass is 32.2. The van der Waals surface area contributed by atoms with Crippen LogP contribution >= 0.6 is 0 Å². The van der Waals surface area contributed by atoms with Gasteiger partial charge in [0.25, 0.3) is 0 Å². The van der Waals surface area contributed by atoms with E-state index in [1.807, 2.05) is 0 Å². The summed E-state index contributed by atoms with van der Waals surface area (Å²) in [5.41, 5.74) is 0.801. The monoisotopic (exact) mass is 346 g/mol. The molecule has 0 bridgehead atoms. The van der Waals surface area contributed by atoms with Crippen LogP contribution in [-0.4, -0.2) is 26.3 Å². The Labute approximate surface area is 131 Å². The summed E-state index contributed by atoms with van der Waals surface area (Å²) >= 11 is 0. The van der Waals surface area contributed by atoms with E-state index in [4.69, 9.17) is 0 Å². The molecule has 0 atom stereocenters. The Hall–Kier alpha value is -2.13. The molecule has 0 spiro atoms. The summed E-state index contributed by atoms with van der Waals surface area (Å²) in [5.74, 6) is -0.770. The van der Waals surface area contributed by atoms with Crippen LogP contribution in [0.4, 0.5) is 13.2 Å². The molecule has 9 heteroatoms. The fourth-order valence-corrected chi connectivity index (χ4v) is 2.99. The standard InChI is InChI=1S/C14H13F3N2O3S/c15-14(16,17)22-12-5-1-2-6-13(12)23(20,21)19-9-7-11-4-3-8-18-10-11/h1-6,8,10,19H,7,9H2. The summed E-state index contributed by atoms with van der Waals surface area (Å²) in [6, 6.07) is 8.05. The molecular formula is C14H13F3N2O3S. The van der Waals surface area contributed by atoms with Crippen LogP contribution in [0.2, 0.25) is 0 Å². The number of halogens is 3. The molecule has 5 nitrogen and oxygen atoms in total. The van der Waals surface area contributed by atoms with Gasteiger partial charge in [0.1, 0.15) is 10.6 Å². The molecule has 2 rings (SSSR count). The Morgan fingerprint density at radius 3 is 2.52 bits per heavy atom. The third-order valence-electron chi connectivity index (χ3n) is 2.79. The quantitative estimate of drug-likeness (QED) is 0.873. The molecule has 2 aromatic rings. The van der Waals surface area contributed by atoms with Gasteiger partial charge >= 0.3 is 6.36 Å². The van der Waals surface area contributed by atoms with Crippen molar-refractivity contribution in [1.29, 1.82) is 0 Å². The average molecular weight is 346 g/mol. The van der Waals surface area contributed by atoms with E-state index in [2.05, 4.69) is 14.4 Å². The van der Waals surface area contributed by atoms with Crippen LogP contribution < -0.4 is 9.46 Å². The highest BCUT2D eigenvalue weighted by Crippen LogP contribution is 2.29. The molecule has 124 valence electrons. The predicted molar refractivity (Wildman–Crippen MR) is 76.3 cm³/mol. The first-order chi connectivity index (χ1) is 10.8. The number of hydrogen-bond acceptors (Lipinski definition) is 4. The van der Waals surface area contributed by atoms with Crippen molar-refractivity contribution in [1.82, 2.24) is 9.71 Å². The number of ether oxygens (including phenoxy) is 1. The summed E-state index contributed by atoms with van der Waals surface area (Å²) < 4.78 is 67.3. The van der Waals surface area contributed by atoms with Crippen molar-refractivity contribution >= 4 is 10.0 Å². The first-order valence-corrected chi connectivity index (χ1v) is 7.99. The lowest BCUT2D eigenvalue weighted by Crippen LogP contribution is -2.27. The molecule has 0 radical (unpaired) electrons. The van der Waals surface area contributed by atoms with Crippen molar-refractivity contribution in [2.75, 3.05) is 6.54 Å². The van der Waals surface area contributed by atoms with E-state index in [1.165, 1.54) is 12.1 Å². The topological polar surface area (TPSA) is 68.3 Å². The zero-order chi connectivity index (χ0) is 16.9. The van der Waals surface area contributed by atoms with Crippen LogP contribution in [0.15, 0.2) is 53.7 Å². The van der Waals surface area contributed by atoms with E-state index in [-0.39, 0.29) is 6.54 Å². The normalized spacial score (nSPS) is 12.1. The molecule has 0 amide bonds. The van der Waals surface area contributed by atoms with Crippen LogP contribution in [0.25, 0.3) is 0 Å². The first kappa shape index (κ1) is 17.2. The first-order valence-electron chi connectivity index (χ1n) is 6.51. The minimum Gasteiger partial charge on any atom is -0.404 e. The van der Waals surface area contributed by atoms with Crippen LogP contribution in [0.5, 0.6) is 5.75 Å². The Morgan fingerprint density at radius 1 is 1.13 bits per heavy atom. The maximum absolute atomic E-state index is 12.3. The molecule has 0 saturated heterocycles. The zero-order valence-corrected chi connectivity index (χ0v) is 12.6. The van der Waals surface area contributed by atoms with Gasteiger partial charge in [0.05, 0.1) is 0 Å². The van der Waals surface area contributed by atoms with Crippen molar-refractivity contribution in [3.8, 4) is 5.75 Å². The van der Waals surface area contributed by atoms with Crippen molar-refractivity contribution in [2.45, 2.75) is 17.7 Å². The predicted octanol–water partition coefficient (Wildman–Crippen LogP) is 2.50. The maximum Gasteiger partial charge on any atom is 0.573 e. The smallest absolute Gasteiger partial charge is 0.404 e. The summed E-state index contributed by atoms with van der Waals surface area (Å²) in [6.45, 7) is 0.0222. The number of nitrogens with one attached hydrogen (secondary N) is 1. The number of pyridine rings is 1. The third-order valence-corrected chi connectivity index (χ3v) is 4.29. The number of nitrogens with zero attached hydrogens (tertiary/aromatic N) is 1. The Kier molecular flexibility index (Phi) is 5.22. The van der Waals surface area contributed by atoms with Crippen LogP contribution in [-0.2, 0) is 16.4 Å². The fraction of sp³-hybridized carbons (Fsp3) is 0.214. The van der Waals surface area contributed by atoms with Crippen LogP contribution in [0, 0.1) is 0 Å². The van der Waals surface area contributed by atoms with Crippen molar-refractivity contribution < 1.29 is 26.3 Å². The van der Waals surface area contributed by atoms with Gasteiger partial charge in [-0.1, -0.05) is 18.2 Å². The van der Waals surface area contributed by atoms with Gasteiger partial charge in [0.2, 0.25) is 10.0 Å². The Balaban J connectivity index is 2.10. The SMILES string of the molecule is O=S(=O)(NCCc1cccnc1)c1ccccc1OC(F)(F)F. The van der Waals surface area contributed by atoms with E-state index in [0.29, 0.717) is 6.42 Å². The van der Waals surface area contributed by atoms with Gasteiger partial charge < -0.3 is 4.74 Å². The molecule has 0 saturated carbocycles. The second kappa shape index (κ2) is 6.97. The number of rotatable bonds is 6. The largest absolute Gasteiger partial charge is 0.573 e.